The van der Waals surface area contributed by atoms with Gasteiger partial charge in [-0.05, 0) is 48.5 Å². The van der Waals surface area contributed by atoms with Crippen molar-refractivity contribution in [2.75, 3.05) is 38.8 Å². The molecule has 3 N–H and O–H groups in total. The number of hydrogen-bond donors (Lipinski definition) is 2. The number of anilines is 1. The van der Waals surface area contributed by atoms with Crippen LogP contribution in [0.3, 0.4) is 0 Å². The molecule has 7 heteroatoms. The number of methoxy groups -OCH3 is 1. The third-order valence-corrected chi connectivity index (χ3v) is 3.17. The van der Waals surface area contributed by atoms with Crippen LogP contribution in [0.2, 0.25) is 0 Å². The van der Waals surface area contributed by atoms with E-state index < -0.39 is 0 Å². The molecule has 0 aromatic heterocycles. The predicted molar refractivity (Wildman–Crippen MR) is 100 cm³/mol. The van der Waals surface area contributed by atoms with Gasteiger partial charge in [-0.1, -0.05) is 0 Å². The summed E-state index contributed by atoms with van der Waals surface area (Å²) in [5.74, 6) is 1.23. The average molecular weight is 367 g/mol. The summed E-state index contributed by atoms with van der Waals surface area (Å²) < 4.78 is 15.8. The van der Waals surface area contributed by atoms with Crippen LogP contribution in [0, 0.1) is 0 Å². The summed E-state index contributed by atoms with van der Waals surface area (Å²) in [6.07, 6.45) is 0. The number of nitrogens with two attached hydrogens (primary N) is 1. The molecule has 25 heavy (non-hydrogen) atoms. The second kappa shape index (κ2) is 11.3. The molecule has 0 unspecified atom stereocenters. The molecule has 0 heterocycles. The van der Waals surface area contributed by atoms with E-state index >= 15 is 0 Å². The molecule has 136 valence electrons. The van der Waals surface area contributed by atoms with Crippen LogP contribution in [0.5, 0.6) is 11.5 Å². The average Bonchev–Trinajstić information content (AvgIpc) is 2.62. The Kier molecular flexibility index (Phi) is 9.39. The number of carbonyl (C=O) groups excluding carboxylic acids is 1. The maximum absolute atomic E-state index is 12.2. The zero-order valence-electron chi connectivity index (χ0n) is 14.1. The smallest absolute Gasteiger partial charge is 0.255 e. The topological polar surface area (TPSA) is 82.8 Å². The van der Waals surface area contributed by atoms with Crippen LogP contribution in [-0.2, 0) is 4.74 Å². The van der Waals surface area contributed by atoms with Crippen molar-refractivity contribution in [3.05, 3.63) is 54.1 Å². The molecule has 0 aliphatic carbocycles. The Morgan fingerprint density at radius 2 is 1.48 bits per heavy atom. The van der Waals surface area contributed by atoms with Crippen LogP contribution >= 0.6 is 12.4 Å². The minimum absolute atomic E-state index is 0. The summed E-state index contributed by atoms with van der Waals surface area (Å²) in [5.41, 5.74) is 6.63. The van der Waals surface area contributed by atoms with Gasteiger partial charge < -0.3 is 25.3 Å². The van der Waals surface area contributed by atoms with Gasteiger partial charge in [0.05, 0.1) is 6.61 Å². The quantitative estimate of drug-likeness (QED) is 0.667. The van der Waals surface area contributed by atoms with Crippen LogP contribution in [0.25, 0.3) is 0 Å². The molecule has 0 aliphatic rings. The van der Waals surface area contributed by atoms with Gasteiger partial charge in [0, 0.05) is 24.9 Å². The number of halogens is 1. The Morgan fingerprint density at radius 3 is 2.04 bits per heavy atom. The van der Waals surface area contributed by atoms with Crippen molar-refractivity contribution in [3.8, 4) is 11.5 Å². The molecule has 2 aromatic carbocycles. The molecule has 6 nitrogen and oxygen atoms in total. The summed E-state index contributed by atoms with van der Waals surface area (Å²) in [5, 5.41) is 2.83. The maximum Gasteiger partial charge on any atom is 0.255 e. The van der Waals surface area contributed by atoms with Crippen molar-refractivity contribution in [2.45, 2.75) is 0 Å². The first-order valence-electron chi connectivity index (χ1n) is 7.69. The number of hydrogen-bond acceptors (Lipinski definition) is 5. The van der Waals surface area contributed by atoms with Crippen LogP contribution in [-0.4, -0.2) is 39.4 Å². The summed E-state index contributed by atoms with van der Waals surface area (Å²) in [7, 11) is 1.62. The Hall–Kier alpha value is -2.28. The second-order valence-electron chi connectivity index (χ2n) is 4.98. The highest BCUT2D eigenvalue weighted by atomic mass is 35.5. The lowest BCUT2D eigenvalue weighted by Crippen LogP contribution is -2.12. The summed E-state index contributed by atoms with van der Waals surface area (Å²) in [6, 6.07) is 14.1. The van der Waals surface area contributed by atoms with Gasteiger partial charge in [0.1, 0.15) is 24.7 Å². The van der Waals surface area contributed by atoms with E-state index in [4.69, 9.17) is 19.9 Å². The van der Waals surface area contributed by atoms with Gasteiger partial charge in [-0.2, -0.15) is 0 Å². The molecule has 0 saturated carbocycles. The van der Waals surface area contributed by atoms with Crippen molar-refractivity contribution in [3.63, 3.8) is 0 Å². The minimum atomic E-state index is -0.186. The fourth-order valence-corrected chi connectivity index (χ4v) is 1.96. The number of rotatable bonds is 9. The molecule has 0 spiro atoms. The van der Waals surface area contributed by atoms with Gasteiger partial charge in [0.2, 0.25) is 0 Å². The minimum Gasteiger partial charge on any atom is -0.492 e. The highest BCUT2D eigenvalue weighted by molar-refractivity contribution is 6.04. The van der Waals surface area contributed by atoms with E-state index in [1.54, 1.807) is 55.6 Å². The van der Waals surface area contributed by atoms with Crippen molar-refractivity contribution in [1.29, 1.82) is 0 Å². The third kappa shape index (κ3) is 7.01. The first-order chi connectivity index (χ1) is 11.7. The maximum atomic E-state index is 12.2. The largest absolute Gasteiger partial charge is 0.492 e. The van der Waals surface area contributed by atoms with Crippen molar-refractivity contribution >= 4 is 24.0 Å². The number of nitrogens with one attached hydrogen (secondary N) is 1. The number of amides is 1. The summed E-state index contributed by atoms with van der Waals surface area (Å²) >= 11 is 0. The first-order valence-corrected chi connectivity index (χ1v) is 7.69. The SMILES string of the molecule is COCCOc1ccc(C(=O)Nc2ccc(OCCN)cc2)cc1.Cl. The highest BCUT2D eigenvalue weighted by Gasteiger charge is 2.06. The molecule has 1 amide bonds. The fraction of sp³-hybridized carbons (Fsp3) is 0.278. The number of carbonyl (C=O) groups is 1. The van der Waals surface area contributed by atoms with Crippen LogP contribution < -0.4 is 20.5 Å². The first kappa shape index (κ1) is 20.8. The summed E-state index contributed by atoms with van der Waals surface area (Å²) in [6.45, 7) is 1.92. The molecule has 0 aliphatic heterocycles. The van der Waals surface area contributed by atoms with E-state index in [1.165, 1.54) is 0 Å². The van der Waals surface area contributed by atoms with Crippen molar-refractivity contribution in [1.82, 2.24) is 0 Å². The third-order valence-electron chi connectivity index (χ3n) is 3.17. The Balaban J connectivity index is 0.00000312. The molecular formula is C18H23ClN2O4. The number of ether oxygens (including phenoxy) is 3. The van der Waals surface area contributed by atoms with E-state index in [1.807, 2.05) is 0 Å². The zero-order chi connectivity index (χ0) is 17.2. The lowest BCUT2D eigenvalue weighted by atomic mass is 10.2. The molecular weight excluding hydrogens is 344 g/mol. The molecule has 0 atom stereocenters. The Morgan fingerprint density at radius 1 is 0.920 bits per heavy atom. The molecule has 0 fully saturated rings. The van der Waals surface area contributed by atoms with Gasteiger partial charge in [-0.25, -0.2) is 0 Å². The molecule has 2 rings (SSSR count). The van der Waals surface area contributed by atoms with Gasteiger partial charge in [0.25, 0.3) is 5.91 Å². The van der Waals surface area contributed by atoms with E-state index in [-0.39, 0.29) is 18.3 Å². The highest BCUT2D eigenvalue weighted by Crippen LogP contribution is 2.17. The van der Waals surface area contributed by atoms with Gasteiger partial charge in [0.15, 0.2) is 0 Å². The number of benzene rings is 2. The van der Waals surface area contributed by atoms with E-state index in [2.05, 4.69) is 5.32 Å². The molecule has 2 aromatic rings. The lowest BCUT2D eigenvalue weighted by molar-refractivity contribution is 0.102. The van der Waals surface area contributed by atoms with E-state index in [0.717, 1.165) is 5.75 Å². The molecule has 0 radical (unpaired) electrons. The standard InChI is InChI=1S/C18H22N2O4.ClH/c1-22-12-13-24-16-6-2-14(3-7-16)18(21)20-15-4-8-17(9-5-15)23-11-10-19;/h2-9H,10-13,19H2,1H3,(H,20,21);1H. The monoisotopic (exact) mass is 366 g/mol. The van der Waals surface area contributed by atoms with Crippen LogP contribution in [0.15, 0.2) is 48.5 Å². The van der Waals surface area contributed by atoms with E-state index in [0.29, 0.717) is 43.4 Å². The van der Waals surface area contributed by atoms with Gasteiger partial charge in [-0.15, -0.1) is 12.4 Å². The molecule has 0 saturated heterocycles. The molecule has 0 bridgehead atoms. The van der Waals surface area contributed by atoms with Gasteiger partial charge >= 0.3 is 0 Å². The van der Waals surface area contributed by atoms with Crippen LogP contribution in [0.1, 0.15) is 10.4 Å². The normalized spacial score (nSPS) is 9.84. The van der Waals surface area contributed by atoms with Crippen molar-refractivity contribution < 1.29 is 19.0 Å². The predicted octanol–water partition coefficient (Wildman–Crippen LogP) is 2.72. The fourth-order valence-electron chi connectivity index (χ4n) is 1.96. The zero-order valence-corrected chi connectivity index (χ0v) is 14.9. The van der Waals surface area contributed by atoms with E-state index in [9.17, 15) is 4.79 Å². The lowest BCUT2D eigenvalue weighted by Gasteiger charge is -2.09. The van der Waals surface area contributed by atoms with Crippen LogP contribution in [0.4, 0.5) is 5.69 Å². The second-order valence-corrected chi connectivity index (χ2v) is 4.98. The summed E-state index contributed by atoms with van der Waals surface area (Å²) in [4.78, 5) is 12.2. The van der Waals surface area contributed by atoms with Gasteiger partial charge in [-0.3, -0.25) is 4.79 Å². The van der Waals surface area contributed by atoms with Crippen molar-refractivity contribution in [2.24, 2.45) is 5.73 Å². The Labute approximate surface area is 153 Å². The Bertz CT molecular complexity index is 633.